The highest BCUT2D eigenvalue weighted by Crippen LogP contribution is 2.14. The maximum Gasteiger partial charge on any atom is 0.335 e. The minimum atomic E-state index is -2.01. The summed E-state index contributed by atoms with van der Waals surface area (Å²) < 4.78 is 0. The van der Waals surface area contributed by atoms with Gasteiger partial charge in [0, 0.05) is 5.56 Å². The SMILES string of the molecule is CC(O)(CC(=O)c1ccccc1)C(=O)O. The lowest BCUT2D eigenvalue weighted by Gasteiger charge is -2.16. The largest absolute Gasteiger partial charge is 0.479 e. The van der Waals surface area contributed by atoms with Crippen LogP contribution < -0.4 is 0 Å². The van der Waals surface area contributed by atoms with E-state index in [-0.39, 0.29) is 5.78 Å². The summed E-state index contributed by atoms with van der Waals surface area (Å²) in [5.41, 5.74) is -1.61. The van der Waals surface area contributed by atoms with Crippen molar-refractivity contribution >= 4 is 11.8 Å². The molecule has 1 rings (SSSR count). The van der Waals surface area contributed by atoms with Crippen molar-refractivity contribution in [1.29, 1.82) is 0 Å². The Bertz CT molecular complexity index is 367. The summed E-state index contributed by atoms with van der Waals surface area (Å²) in [6.45, 7) is 1.11. The van der Waals surface area contributed by atoms with Crippen LogP contribution in [0.15, 0.2) is 30.3 Å². The molecule has 1 atom stereocenters. The normalized spacial score (nSPS) is 14.3. The molecular weight excluding hydrogens is 196 g/mol. The molecule has 2 N–H and O–H groups in total. The van der Waals surface area contributed by atoms with Crippen LogP contribution in [0.4, 0.5) is 0 Å². The van der Waals surface area contributed by atoms with Crippen LogP contribution in [0.5, 0.6) is 0 Å². The molecule has 0 heterocycles. The minimum Gasteiger partial charge on any atom is -0.479 e. The van der Waals surface area contributed by atoms with Gasteiger partial charge >= 0.3 is 5.97 Å². The van der Waals surface area contributed by atoms with E-state index in [0.717, 1.165) is 6.92 Å². The predicted molar refractivity (Wildman–Crippen MR) is 53.6 cm³/mol. The minimum absolute atomic E-state index is 0.386. The van der Waals surface area contributed by atoms with Crippen LogP contribution in [0.25, 0.3) is 0 Å². The lowest BCUT2D eigenvalue weighted by atomic mass is 9.96. The summed E-state index contributed by atoms with van der Waals surface area (Å²) in [7, 11) is 0. The molecule has 0 aliphatic rings. The Hall–Kier alpha value is -1.68. The molecule has 0 fully saturated rings. The number of hydrogen-bond donors (Lipinski definition) is 2. The van der Waals surface area contributed by atoms with Crippen LogP contribution >= 0.6 is 0 Å². The summed E-state index contributed by atoms with van der Waals surface area (Å²) in [6.07, 6.45) is -0.424. The third-order valence-corrected chi connectivity index (χ3v) is 2.06. The summed E-state index contributed by atoms with van der Waals surface area (Å²) >= 11 is 0. The number of carboxylic acid groups (broad SMARTS) is 1. The smallest absolute Gasteiger partial charge is 0.335 e. The molecule has 1 unspecified atom stereocenters. The van der Waals surface area contributed by atoms with Gasteiger partial charge in [0.05, 0.1) is 6.42 Å². The van der Waals surface area contributed by atoms with E-state index in [1.807, 2.05) is 0 Å². The second-order valence-corrected chi connectivity index (χ2v) is 3.54. The number of aliphatic carboxylic acids is 1. The van der Waals surface area contributed by atoms with Crippen molar-refractivity contribution in [2.45, 2.75) is 18.9 Å². The Morgan fingerprint density at radius 1 is 1.27 bits per heavy atom. The summed E-state index contributed by atoms with van der Waals surface area (Å²) in [4.78, 5) is 22.1. The molecule has 15 heavy (non-hydrogen) atoms. The molecule has 0 radical (unpaired) electrons. The second kappa shape index (κ2) is 4.23. The van der Waals surface area contributed by atoms with E-state index in [9.17, 15) is 14.7 Å². The van der Waals surface area contributed by atoms with Crippen molar-refractivity contribution in [2.24, 2.45) is 0 Å². The van der Waals surface area contributed by atoms with Gasteiger partial charge in [0.1, 0.15) is 0 Å². The number of carbonyl (C=O) groups is 2. The van der Waals surface area contributed by atoms with Crippen LogP contribution in [0.1, 0.15) is 23.7 Å². The lowest BCUT2D eigenvalue weighted by molar-refractivity contribution is -0.156. The highest BCUT2D eigenvalue weighted by molar-refractivity contribution is 5.99. The molecule has 0 bridgehead atoms. The van der Waals surface area contributed by atoms with E-state index in [0.29, 0.717) is 5.56 Å². The Labute approximate surface area is 87.2 Å². The lowest BCUT2D eigenvalue weighted by Crippen LogP contribution is -2.37. The zero-order valence-corrected chi connectivity index (χ0v) is 8.30. The Kier molecular flexibility index (Phi) is 3.21. The van der Waals surface area contributed by atoms with E-state index in [1.165, 1.54) is 0 Å². The van der Waals surface area contributed by atoms with Gasteiger partial charge in [-0.1, -0.05) is 30.3 Å². The van der Waals surface area contributed by atoms with E-state index < -0.39 is 18.0 Å². The van der Waals surface area contributed by atoms with Crippen LogP contribution in [-0.2, 0) is 4.79 Å². The van der Waals surface area contributed by atoms with Gasteiger partial charge in [0.15, 0.2) is 11.4 Å². The fourth-order valence-corrected chi connectivity index (χ4v) is 1.11. The van der Waals surface area contributed by atoms with E-state index in [1.54, 1.807) is 30.3 Å². The summed E-state index contributed by atoms with van der Waals surface area (Å²) in [6, 6.07) is 8.29. The molecule has 1 aromatic carbocycles. The number of hydrogen-bond acceptors (Lipinski definition) is 3. The topological polar surface area (TPSA) is 74.6 Å². The molecule has 0 aliphatic heterocycles. The molecule has 0 aliphatic carbocycles. The molecule has 4 heteroatoms. The first-order valence-corrected chi connectivity index (χ1v) is 4.47. The van der Waals surface area contributed by atoms with Crippen molar-refractivity contribution in [2.75, 3.05) is 0 Å². The van der Waals surface area contributed by atoms with Crippen LogP contribution in [0.3, 0.4) is 0 Å². The van der Waals surface area contributed by atoms with E-state index in [2.05, 4.69) is 0 Å². The molecule has 0 saturated carbocycles. The fraction of sp³-hybridized carbons (Fsp3) is 0.273. The van der Waals surface area contributed by atoms with Gasteiger partial charge in [-0.05, 0) is 6.92 Å². The number of Topliss-reactive ketones (excluding diaryl/α,β-unsaturated/α-hetero) is 1. The van der Waals surface area contributed by atoms with Gasteiger partial charge < -0.3 is 10.2 Å². The van der Waals surface area contributed by atoms with Crippen LogP contribution in [0, 0.1) is 0 Å². The van der Waals surface area contributed by atoms with Gasteiger partial charge in [-0.2, -0.15) is 0 Å². The molecule has 0 aromatic heterocycles. The number of carboxylic acids is 1. The van der Waals surface area contributed by atoms with Crippen LogP contribution in [-0.4, -0.2) is 27.6 Å². The molecular formula is C11H12O4. The highest BCUT2D eigenvalue weighted by Gasteiger charge is 2.32. The average molecular weight is 208 g/mol. The predicted octanol–water partition coefficient (Wildman–Crippen LogP) is 1.09. The average Bonchev–Trinajstić information content (AvgIpc) is 2.18. The third-order valence-electron chi connectivity index (χ3n) is 2.06. The number of aliphatic hydroxyl groups is 1. The maximum absolute atomic E-state index is 11.5. The van der Waals surface area contributed by atoms with Gasteiger partial charge in [-0.3, -0.25) is 4.79 Å². The third kappa shape index (κ3) is 2.89. The van der Waals surface area contributed by atoms with E-state index >= 15 is 0 Å². The van der Waals surface area contributed by atoms with Gasteiger partial charge in [-0.25, -0.2) is 4.79 Å². The first-order valence-electron chi connectivity index (χ1n) is 4.47. The second-order valence-electron chi connectivity index (χ2n) is 3.54. The first kappa shape index (κ1) is 11.4. The molecule has 0 spiro atoms. The molecule has 4 nitrogen and oxygen atoms in total. The monoisotopic (exact) mass is 208 g/mol. The van der Waals surface area contributed by atoms with Crippen molar-refractivity contribution in [3.63, 3.8) is 0 Å². The zero-order chi connectivity index (χ0) is 11.5. The highest BCUT2D eigenvalue weighted by atomic mass is 16.4. The number of ketones is 1. The molecule has 1 aromatic rings. The Balaban J connectivity index is 2.77. The van der Waals surface area contributed by atoms with Gasteiger partial charge in [-0.15, -0.1) is 0 Å². The van der Waals surface area contributed by atoms with Crippen molar-refractivity contribution in [3.8, 4) is 0 Å². The summed E-state index contributed by atoms with van der Waals surface area (Å²) in [5, 5.41) is 18.0. The Morgan fingerprint density at radius 3 is 2.27 bits per heavy atom. The standard InChI is InChI=1S/C11H12O4/c1-11(15,10(13)14)7-9(12)8-5-3-2-4-6-8/h2-6,15H,7H2,1H3,(H,13,14). The first-order chi connectivity index (χ1) is 6.93. The molecule has 0 amide bonds. The number of rotatable bonds is 4. The van der Waals surface area contributed by atoms with Crippen molar-refractivity contribution in [3.05, 3.63) is 35.9 Å². The van der Waals surface area contributed by atoms with Crippen molar-refractivity contribution < 1.29 is 19.8 Å². The fourth-order valence-electron chi connectivity index (χ4n) is 1.11. The van der Waals surface area contributed by atoms with Crippen molar-refractivity contribution in [1.82, 2.24) is 0 Å². The maximum atomic E-state index is 11.5. The Morgan fingerprint density at radius 2 is 1.80 bits per heavy atom. The van der Waals surface area contributed by atoms with Gasteiger partial charge in [0.2, 0.25) is 0 Å². The molecule has 0 saturated heterocycles. The van der Waals surface area contributed by atoms with Gasteiger partial charge in [0.25, 0.3) is 0 Å². The van der Waals surface area contributed by atoms with E-state index in [4.69, 9.17) is 5.11 Å². The summed E-state index contributed by atoms with van der Waals surface area (Å²) in [5.74, 6) is -1.78. The number of benzene rings is 1. The zero-order valence-electron chi connectivity index (χ0n) is 8.30. The quantitative estimate of drug-likeness (QED) is 0.726. The molecule has 80 valence electrons. The number of carbonyl (C=O) groups excluding carboxylic acids is 1. The van der Waals surface area contributed by atoms with Crippen LogP contribution in [0.2, 0.25) is 0 Å².